The van der Waals surface area contributed by atoms with Gasteiger partial charge in [-0.25, -0.2) is 0 Å². The molecular formula is C5H3N3O6S. The van der Waals surface area contributed by atoms with E-state index in [2.05, 4.69) is 0 Å². The Morgan fingerprint density at radius 1 is 1.07 bits per heavy atom. The molecule has 1 rings (SSSR count). The summed E-state index contributed by atoms with van der Waals surface area (Å²) in [7, 11) is 0. The van der Waals surface area contributed by atoms with E-state index in [1.165, 1.54) is 0 Å². The van der Waals surface area contributed by atoms with Crippen LogP contribution in [0.1, 0.15) is 11.0 Å². The van der Waals surface area contributed by atoms with Crippen molar-refractivity contribution < 1.29 is 14.8 Å². The average molecular weight is 233 g/mol. The minimum atomic E-state index is -2.14. The Kier molecular flexibility index (Phi) is 2.90. The van der Waals surface area contributed by atoms with E-state index in [1.807, 2.05) is 0 Å². The third kappa shape index (κ3) is 2.22. The molecule has 10 heteroatoms. The number of hydrogen-bond acceptors (Lipinski definition) is 7. The molecule has 1 aromatic heterocycles. The molecule has 0 unspecified atom stereocenters. The predicted molar refractivity (Wildman–Crippen MR) is 47.7 cm³/mol. The molecule has 0 aliphatic carbocycles. The predicted octanol–water partition coefficient (Wildman–Crippen LogP) is 1.21. The van der Waals surface area contributed by atoms with Crippen molar-refractivity contribution in [1.29, 1.82) is 0 Å². The zero-order valence-electron chi connectivity index (χ0n) is 6.93. The van der Waals surface area contributed by atoms with Crippen LogP contribution in [0.25, 0.3) is 0 Å². The monoisotopic (exact) mass is 233 g/mol. The first-order chi connectivity index (χ1) is 6.93. The van der Waals surface area contributed by atoms with E-state index in [0.717, 1.165) is 12.1 Å². The lowest BCUT2D eigenvalue weighted by atomic mass is 10.4. The normalized spacial score (nSPS) is 10.2. The fourth-order valence-electron chi connectivity index (χ4n) is 0.864. The third-order valence-electron chi connectivity index (χ3n) is 1.45. The summed E-state index contributed by atoms with van der Waals surface area (Å²) >= 11 is 0.423. The van der Waals surface area contributed by atoms with Gasteiger partial charge in [0.25, 0.3) is 0 Å². The number of thiophene rings is 1. The van der Waals surface area contributed by atoms with Gasteiger partial charge < -0.3 is 0 Å². The summed E-state index contributed by atoms with van der Waals surface area (Å²) in [5.41, 5.74) is 0. The molecule has 0 saturated heterocycles. The summed E-state index contributed by atoms with van der Waals surface area (Å²) in [5, 5.41) is 30.5. The van der Waals surface area contributed by atoms with E-state index in [9.17, 15) is 30.3 Å². The summed E-state index contributed by atoms with van der Waals surface area (Å²) in [6.07, 6.45) is -2.14. The Morgan fingerprint density at radius 3 is 1.93 bits per heavy atom. The van der Waals surface area contributed by atoms with Crippen LogP contribution in [0.15, 0.2) is 12.1 Å². The molecule has 0 aliphatic rings. The fourth-order valence-corrected chi connectivity index (χ4v) is 1.73. The van der Waals surface area contributed by atoms with Crippen molar-refractivity contribution >= 4 is 16.3 Å². The van der Waals surface area contributed by atoms with E-state index in [-0.39, 0.29) is 9.88 Å². The quantitative estimate of drug-likeness (QED) is 0.436. The second-order valence-electron chi connectivity index (χ2n) is 2.38. The standard InChI is InChI=1S/C5H3N3O6S/c9-6(10)4-2-1-3(15-4)5(7(11)12)8(13)14/h1-2,5H. The first kappa shape index (κ1) is 11.0. The van der Waals surface area contributed by atoms with Crippen LogP contribution in [-0.2, 0) is 0 Å². The van der Waals surface area contributed by atoms with Crippen molar-refractivity contribution in [3.05, 3.63) is 47.4 Å². The molecule has 0 fully saturated rings. The lowest BCUT2D eigenvalue weighted by molar-refractivity contribution is -0.751. The highest BCUT2D eigenvalue weighted by Gasteiger charge is 2.37. The Balaban J connectivity index is 3.07. The van der Waals surface area contributed by atoms with Gasteiger partial charge in [0.2, 0.25) is 0 Å². The SMILES string of the molecule is O=[N+]([O-])c1ccc(C([N+](=O)[O-])[N+](=O)[O-])s1. The highest BCUT2D eigenvalue weighted by Crippen LogP contribution is 2.30. The van der Waals surface area contributed by atoms with Gasteiger partial charge in [-0.2, -0.15) is 0 Å². The minimum Gasteiger partial charge on any atom is -0.258 e. The van der Waals surface area contributed by atoms with Crippen LogP contribution in [0.3, 0.4) is 0 Å². The smallest absolute Gasteiger partial charge is 0.258 e. The van der Waals surface area contributed by atoms with Gasteiger partial charge in [-0.15, -0.1) is 0 Å². The third-order valence-corrected chi connectivity index (χ3v) is 2.52. The van der Waals surface area contributed by atoms with E-state index < -0.39 is 20.9 Å². The molecule has 0 aromatic carbocycles. The van der Waals surface area contributed by atoms with Crippen LogP contribution in [0.5, 0.6) is 0 Å². The van der Waals surface area contributed by atoms with Gasteiger partial charge in [0.05, 0.1) is 4.92 Å². The second-order valence-corrected chi connectivity index (χ2v) is 3.47. The highest BCUT2D eigenvalue weighted by molar-refractivity contribution is 7.15. The molecule has 0 amide bonds. The maximum absolute atomic E-state index is 10.3. The molecule has 0 aliphatic heterocycles. The first-order valence-corrected chi connectivity index (χ1v) is 4.26. The Bertz CT molecular complexity index is 414. The van der Waals surface area contributed by atoms with Crippen molar-refractivity contribution in [2.24, 2.45) is 0 Å². The van der Waals surface area contributed by atoms with Crippen molar-refractivity contribution in [3.8, 4) is 0 Å². The van der Waals surface area contributed by atoms with Crippen LogP contribution < -0.4 is 0 Å². The molecule has 0 saturated carbocycles. The van der Waals surface area contributed by atoms with Crippen molar-refractivity contribution in [2.75, 3.05) is 0 Å². The van der Waals surface area contributed by atoms with E-state index in [4.69, 9.17) is 0 Å². The number of rotatable bonds is 4. The van der Waals surface area contributed by atoms with Gasteiger partial charge in [-0.05, 0) is 6.07 Å². The number of nitrogens with zero attached hydrogens (tertiary/aromatic N) is 3. The van der Waals surface area contributed by atoms with Gasteiger partial charge in [-0.1, -0.05) is 11.3 Å². The number of hydrogen-bond donors (Lipinski definition) is 0. The van der Waals surface area contributed by atoms with Crippen molar-refractivity contribution in [3.63, 3.8) is 0 Å². The highest BCUT2D eigenvalue weighted by atomic mass is 32.1. The summed E-state index contributed by atoms with van der Waals surface area (Å²) in [6, 6.07) is 2.01. The maximum Gasteiger partial charge on any atom is 0.485 e. The lowest BCUT2D eigenvalue weighted by Gasteiger charge is -1.96. The molecule has 0 spiro atoms. The van der Waals surface area contributed by atoms with Crippen LogP contribution >= 0.6 is 11.3 Å². The van der Waals surface area contributed by atoms with E-state index in [1.54, 1.807) is 0 Å². The summed E-state index contributed by atoms with van der Waals surface area (Å²) in [6.45, 7) is 0. The number of nitro groups is 3. The van der Waals surface area contributed by atoms with Gasteiger partial charge >= 0.3 is 11.2 Å². The average Bonchev–Trinajstić information content (AvgIpc) is 2.51. The summed E-state index contributed by atoms with van der Waals surface area (Å²) in [4.78, 5) is 27.7. The van der Waals surface area contributed by atoms with E-state index in [0.29, 0.717) is 11.3 Å². The van der Waals surface area contributed by atoms with E-state index >= 15 is 0 Å². The lowest BCUT2D eigenvalue weighted by Crippen LogP contribution is -2.18. The summed E-state index contributed by atoms with van der Waals surface area (Å²) in [5.74, 6) is 0. The first-order valence-electron chi connectivity index (χ1n) is 3.44. The molecule has 1 aromatic rings. The van der Waals surface area contributed by atoms with Crippen LogP contribution in [0.2, 0.25) is 0 Å². The molecule has 0 bridgehead atoms. The van der Waals surface area contributed by atoms with Gasteiger partial charge in [-0.3, -0.25) is 30.3 Å². The Morgan fingerprint density at radius 2 is 1.60 bits per heavy atom. The van der Waals surface area contributed by atoms with Gasteiger partial charge in [0.15, 0.2) is 4.88 Å². The largest absolute Gasteiger partial charge is 0.485 e. The van der Waals surface area contributed by atoms with Crippen molar-refractivity contribution in [2.45, 2.75) is 6.17 Å². The maximum atomic E-state index is 10.3. The minimum absolute atomic E-state index is 0.267. The zero-order valence-corrected chi connectivity index (χ0v) is 7.75. The van der Waals surface area contributed by atoms with Crippen LogP contribution in [-0.4, -0.2) is 14.8 Å². The topological polar surface area (TPSA) is 129 Å². The molecular weight excluding hydrogens is 230 g/mol. The van der Waals surface area contributed by atoms with Gasteiger partial charge in [0, 0.05) is 6.07 Å². The summed E-state index contributed by atoms with van der Waals surface area (Å²) < 4.78 is 0. The van der Waals surface area contributed by atoms with Crippen LogP contribution in [0, 0.1) is 30.3 Å². The molecule has 0 atom stereocenters. The van der Waals surface area contributed by atoms with Gasteiger partial charge in [0.1, 0.15) is 9.85 Å². The molecule has 0 radical (unpaired) electrons. The van der Waals surface area contributed by atoms with Crippen molar-refractivity contribution in [1.82, 2.24) is 0 Å². The van der Waals surface area contributed by atoms with Crippen LogP contribution in [0.4, 0.5) is 5.00 Å². The molecule has 9 nitrogen and oxygen atoms in total. The zero-order chi connectivity index (χ0) is 11.6. The molecule has 80 valence electrons. The molecule has 0 N–H and O–H groups in total. The fraction of sp³-hybridized carbons (Fsp3) is 0.200. The molecule has 1 heterocycles. The Labute approximate surface area is 85.4 Å². The molecule has 15 heavy (non-hydrogen) atoms. The second kappa shape index (κ2) is 3.96. The Hall–Kier alpha value is -2.10.